The number of fused-ring (bicyclic) bond motifs is 5. The normalized spacial score (nSPS) is 13.6. The molecule has 168 valence electrons. The average molecular weight is 453 g/mol. The van der Waals surface area contributed by atoms with Crippen molar-refractivity contribution in [2.75, 3.05) is 11.9 Å². The van der Waals surface area contributed by atoms with E-state index in [-0.39, 0.29) is 5.82 Å². The molecule has 0 amide bonds. The molecule has 1 aromatic carbocycles. The number of aryl methyl sites for hydroxylation is 1. The number of hydrogen-bond donors (Lipinski definition) is 1. The third-order valence-corrected chi connectivity index (χ3v) is 6.69. The van der Waals surface area contributed by atoms with Gasteiger partial charge in [-0.05, 0) is 25.1 Å². The first kappa shape index (κ1) is 19.2. The lowest BCUT2D eigenvalue weighted by Crippen LogP contribution is -2.12. The first-order valence-electron chi connectivity index (χ1n) is 11.2. The number of imidazole rings is 2. The summed E-state index contributed by atoms with van der Waals surface area (Å²) in [6.45, 7) is 3.51. The Morgan fingerprint density at radius 2 is 2.03 bits per heavy atom. The summed E-state index contributed by atoms with van der Waals surface area (Å²) in [5.74, 6) is 1.88. The third-order valence-electron chi connectivity index (χ3n) is 6.69. The minimum Gasteiger partial charge on any atom is -0.493 e. The van der Waals surface area contributed by atoms with Gasteiger partial charge in [-0.3, -0.25) is 9.38 Å². The monoisotopic (exact) mass is 453 g/mol. The van der Waals surface area contributed by atoms with Crippen LogP contribution in [0.4, 0.5) is 10.3 Å². The Kier molecular flexibility index (Phi) is 4.02. The zero-order valence-electron chi connectivity index (χ0n) is 18.4. The predicted molar refractivity (Wildman–Crippen MR) is 124 cm³/mol. The summed E-state index contributed by atoms with van der Waals surface area (Å²) in [5.41, 5.74) is 7.13. The summed E-state index contributed by atoms with van der Waals surface area (Å²) in [7, 11) is 0. The Balaban J connectivity index is 1.39. The fraction of sp³-hybridized carbons (Fsp3) is 0.200. The van der Waals surface area contributed by atoms with Crippen molar-refractivity contribution in [2.45, 2.75) is 26.4 Å². The van der Waals surface area contributed by atoms with Crippen molar-refractivity contribution in [3.05, 3.63) is 77.5 Å². The number of halogens is 1. The van der Waals surface area contributed by atoms with Crippen LogP contribution in [0, 0.1) is 12.7 Å². The van der Waals surface area contributed by atoms with Crippen LogP contribution >= 0.6 is 0 Å². The van der Waals surface area contributed by atoms with E-state index in [0.717, 1.165) is 50.9 Å². The Hall–Kier alpha value is -4.27. The minimum absolute atomic E-state index is 0.247. The van der Waals surface area contributed by atoms with Crippen molar-refractivity contribution in [3.8, 4) is 28.4 Å². The van der Waals surface area contributed by atoms with Gasteiger partial charge in [0.25, 0.3) is 0 Å². The molecule has 7 rings (SSSR count). The Bertz CT molecular complexity index is 1600. The Labute approximate surface area is 194 Å². The number of pyridine rings is 1. The highest BCUT2D eigenvalue weighted by Gasteiger charge is 2.25. The molecule has 6 heterocycles. The van der Waals surface area contributed by atoms with Crippen LogP contribution in [0.25, 0.3) is 28.2 Å². The third kappa shape index (κ3) is 2.70. The molecule has 9 heteroatoms. The number of benzene rings is 1. The fourth-order valence-electron chi connectivity index (χ4n) is 4.99. The van der Waals surface area contributed by atoms with Crippen LogP contribution < -0.4 is 10.1 Å². The number of rotatable bonds is 3. The van der Waals surface area contributed by atoms with Gasteiger partial charge in [-0.2, -0.15) is 0 Å². The van der Waals surface area contributed by atoms with Crippen LogP contribution in [0.15, 0.2) is 49.2 Å². The number of hydrogen-bond acceptors (Lipinski definition) is 6. The second-order valence-corrected chi connectivity index (χ2v) is 8.57. The smallest absolute Gasteiger partial charge is 0.208 e. The van der Waals surface area contributed by atoms with Gasteiger partial charge in [-0.25, -0.2) is 19.3 Å². The number of ether oxygens (including phenoxy) is 1. The van der Waals surface area contributed by atoms with Crippen LogP contribution in [0.1, 0.15) is 22.5 Å². The van der Waals surface area contributed by atoms with Crippen LogP contribution in [0.5, 0.6) is 5.75 Å². The van der Waals surface area contributed by atoms with E-state index in [0.29, 0.717) is 37.6 Å². The predicted octanol–water partition coefficient (Wildman–Crippen LogP) is 4.01. The van der Waals surface area contributed by atoms with Gasteiger partial charge in [0.15, 0.2) is 5.82 Å². The fourth-order valence-corrected chi connectivity index (χ4v) is 4.99. The lowest BCUT2D eigenvalue weighted by atomic mass is 10.0. The van der Waals surface area contributed by atoms with Gasteiger partial charge < -0.3 is 14.6 Å². The van der Waals surface area contributed by atoms with Gasteiger partial charge in [-0.1, -0.05) is 6.07 Å². The molecule has 4 aromatic heterocycles. The highest BCUT2D eigenvalue weighted by molar-refractivity contribution is 5.91. The highest BCUT2D eigenvalue weighted by atomic mass is 19.1. The maximum absolute atomic E-state index is 14.7. The molecule has 0 unspecified atom stereocenters. The van der Waals surface area contributed by atoms with Crippen molar-refractivity contribution in [3.63, 3.8) is 0 Å². The second kappa shape index (κ2) is 7.11. The largest absolute Gasteiger partial charge is 0.493 e. The van der Waals surface area contributed by atoms with Crippen molar-refractivity contribution in [2.24, 2.45) is 0 Å². The summed E-state index contributed by atoms with van der Waals surface area (Å²) >= 11 is 0. The second-order valence-electron chi connectivity index (χ2n) is 8.57. The SMILES string of the molecule is Cc1cnc2n1Cc1ncccc1-c1cnc(NCc3c(F)ccc4c3CCO4)n3cnc-2c13. The summed E-state index contributed by atoms with van der Waals surface area (Å²) in [5, 5.41) is 3.33. The topological polar surface area (TPSA) is 82.2 Å². The quantitative estimate of drug-likeness (QED) is 0.436. The van der Waals surface area contributed by atoms with Crippen molar-refractivity contribution in [1.82, 2.24) is 28.9 Å². The molecule has 0 atom stereocenters. The lowest BCUT2D eigenvalue weighted by Gasteiger charge is -2.18. The molecule has 0 radical (unpaired) electrons. The van der Waals surface area contributed by atoms with E-state index in [4.69, 9.17) is 14.7 Å². The maximum atomic E-state index is 14.7. The van der Waals surface area contributed by atoms with Crippen LogP contribution in [0.3, 0.4) is 0 Å². The molecule has 0 aliphatic carbocycles. The van der Waals surface area contributed by atoms with E-state index in [1.54, 1.807) is 18.6 Å². The number of aromatic nitrogens is 6. The first-order valence-corrected chi connectivity index (χ1v) is 11.2. The summed E-state index contributed by atoms with van der Waals surface area (Å²) in [6.07, 6.45) is 7.95. The zero-order valence-corrected chi connectivity index (χ0v) is 18.4. The summed E-state index contributed by atoms with van der Waals surface area (Å²) < 4.78 is 24.3. The maximum Gasteiger partial charge on any atom is 0.208 e. The van der Waals surface area contributed by atoms with Crippen LogP contribution in [0.2, 0.25) is 0 Å². The molecule has 0 fully saturated rings. The first-order chi connectivity index (χ1) is 16.7. The number of anilines is 1. The van der Waals surface area contributed by atoms with E-state index in [1.165, 1.54) is 6.07 Å². The molecule has 0 spiro atoms. The molecular weight excluding hydrogens is 433 g/mol. The van der Waals surface area contributed by atoms with Crippen molar-refractivity contribution in [1.29, 1.82) is 0 Å². The van der Waals surface area contributed by atoms with E-state index in [2.05, 4.69) is 25.9 Å². The van der Waals surface area contributed by atoms with Crippen LogP contribution in [-0.4, -0.2) is 35.5 Å². The molecule has 2 aliphatic rings. The van der Waals surface area contributed by atoms with Gasteiger partial charge in [0.05, 0.1) is 24.4 Å². The van der Waals surface area contributed by atoms with Gasteiger partial charge in [0.2, 0.25) is 5.95 Å². The Morgan fingerprint density at radius 1 is 1.09 bits per heavy atom. The van der Waals surface area contributed by atoms with E-state index >= 15 is 0 Å². The van der Waals surface area contributed by atoms with Crippen LogP contribution in [-0.2, 0) is 19.5 Å². The van der Waals surface area contributed by atoms with Crippen molar-refractivity contribution >= 4 is 11.5 Å². The molecule has 1 N–H and O–H groups in total. The molecule has 5 aromatic rings. The average Bonchev–Trinajstić information content (AvgIpc) is 3.57. The number of nitrogens with one attached hydrogen (secondary N) is 1. The molecule has 34 heavy (non-hydrogen) atoms. The van der Waals surface area contributed by atoms with Gasteiger partial charge in [-0.15, -0.1) is 0 Å². The highest BCUT2D eigenvalue weighted by Crippen LogP contribution is 2.37. The standard InChI is InChI=1S/C25H20FN7O/c1-14-9-28-24-22-23-18(15-3-2-7-27-20(15)12-32(14)24)11-30-25(33(23)13-31-22)29-10-17-16-6-8-34-21(16)5-4-19(17)26/h2-5,7,9,11,13H,6,8,10,12H2,1H3,(H,29,30). The molecule has 2 aliphatic heterocycles. The Morgan fingerprint density at radius 3 is 2.97 bits per heavy atom. The van der Waals surface area contributed by atoms with Gasteiger partial charge in [0.1, 0.15) is 23.6 Å². The van der Waals surface area contributed by atoms with E-state index in [1.807, 2.05) is 29.8 Å². The van der Waals surface area contributed by atoms with Crippen molar-refractivity contribution < 1.29 is 9.13 Å². The molecule has 8 nitrogen and oxygen atoms in total. The summed E-state index contributed by atoms with van der Waals surface area (Å²) in [6, 6.07) is 7.15. The van der Waals surface area contributed by atoms with Gasteiger partial charge >= 0.3 is 0 Å². The lowest BCUT2D eigenvalue weighted by molar-refractivity contribution is 0.356. The molecular formula is C25H20FN7O. The summed E-state index contributed by atoms with van der Waals surface area (Å²) in [4.78, 5) is 18.7. The van der Waals surface area contributed by atoms with Gasteiger partial charge in [0, 0.05) is 59.5 Å². The number of nitrogens with zero attached hydrogens (tertiary/aromatic N) is 6. The zero-order chi connectivity index (χ0) is 22.8. The minimum atomic E-state index is -0.247. The van der Waals surface area contributed by atoms with E-state index < -0.39 is 0 Å². The molecule has 0 saturated carbocycles. The molecule has 0 saturated heterocycles. The van der Waals surface area contributed by atoms with E-state index in [9.17, 15) is 4.39 Å². The molecule has 0 bridgehead atoms.